The van der Waals surface area contributed by atoms with Crippen LogP contribution in [0.3, 0.4) is 0 Å². The van der Waals surface area contributed by atoms with Crippen LogP contribution in [0.2, 0.25) is 0 Å². The third kappa shape index (κ3) is 3.97. The summed E-state index contributed by atoms with van der Waals surface area (Å²) >= 11 is 0. The predicted octanol–water partition coefficient (Wildman–Crippen LogP) is 0.181. The minimum Gasteiger partial charge on any atom is -0.481 e. The third-order valence-electron chi connectivity index (χ3n) is 3.22. The van der Waals surface area contributed by atoms with E-state index in [0.717, 1.165) is 12.7 Å². The van der Waals surface area contributed by atoms with Gasteiger partial charge in [-0.15, -0.1) is 0 Å². The molecule has 1 rings (SSSR count). The molecule has 0 spiro atoms. The van der Waals surface area contributed by atoms with E-state index in [4.69, 9.17) is 5.11 Å². The molecule has 1 fully saturated rings. The summed E-state index contributed by atoms with van der Waals surface area (Å²) in [6.45, 7) is 1.59. The molecule has 0 aromatic heterocycles. The molecule has 1 aliphatic rings. The Morgan fingerprint density at radius 1 is 1.39 bits per heavy atom. The third-order valence-corrected chi connectivity index (χ3v) is 4.33. The van der Waals surface area contributed by atoms with Crippen LogP contribution in [0, 0.1) is 5.41 Å². The lowest BCUT2D eigenvalue weighted by atomic mass is 9.66. The summed E-state index contributed by atoms with van der Waals surface area (Å²) in [6, 6.07) is -0.501. The molecule has 7 heteroatoms. The van der Waals surface area contributed by atoms with Crippen molar-refractivity contribution in [3.05, 3.63) is 0 Å². The zero-order valence-corrected chi connectivity index (χ0v) is 11.4. The average Bonchev–Trinajstić information content (AvgIpc) is 2.06. The zero-order valence-electron chi connectivity index (χ0n) is 10.6. The zero-order chi connectivity index (χ0) is 14.0. The predicted molar refractivity (Wildman–Crippen MR) is 65.9 cm³/mol. The molecule has 18 heavy (non-hydrogen) atoms. The van der Waals surface area contributed by atoms with Gasteiger partial charge in [0.15, 0.2) is 0 Å². The number of hydrogen-bond donors (Lipinski definition) is 2. The van der Waals surface area contributed by atoms with E-state index < -0.39 is 33.2 Å². The van der Waals surface area contributed by atoms with Gasteiger partial charge in [0.05, 0.1) is 11.2 Å². The molecule has 0 aromatic carbocycles. The molecule has 0 heterocycles. The number of amides is 1. The monoisotopic (exact) mass is 277 g/mol. The highest BCUT2D eigenvalue weighted by atomic mass is 32.2. The van der Waals surface area contributed by atoms with Gasteiger partial charge in [0.25, 0.3) is 0 Å². The number of carbonyl (C=O) groups is 2. The molecule has 104 valence electrons. The molecule has 1 amide bonds. The summed E-state index contributed by atoms with van der Waals surface area (Å²) < 4.78 is 22.1. The van der Waals surface area contributed by atoms with Gasteiger partial charge in [-0.05, 0) is 19.8 Å². The van der Waals surface area contributed by atoms with Gasteiger partial charge in [0, 0.05) is 18.7 Å². The summed E-state index contributed by atoms with van der Waals surface area (Å²) in [7, 11) is -3.15. The number of carbonyl (C=O) groups excluding carboxylic acids is 1. The van der Waals surface area contributed by atoms with Crippen LogP contribution in [0.5, 0.6) is 0 Å². The number of aliphatic carboxylic acids is 1. The van der Waals surface area contributed by atoms with E-state index in [1.807, 2.05) is 0 Å². The van der Waals surface area contributed by atoms with Crippen LogP contribution >= 0.6 is 0 Å². The fourth-order valence-electron chi connectivity index (χ4n) is 2.20. The molecule has 1 saturated carbocycles. The van der Waals surface area contributed by atoms with E-state index in [1.165, 1.54) is 0 Å². The van der Waals surface area contributed by atoms with E-state index in [2.05, 4.69) is 5.32 Å². The van der Waals surface area contributed by atoms with Gasteiger partial charge >= 0.3 is 5.97 Å². The van der Waals surface area contributed by atoms with Crippen molar-refractivity contribution in [2.24, 2.45) is 5.41 Å². The lowest BCUT2D eigenvalue weighted by molar-refractivity contribution is -0.157. The summed E-state index contributed by atoms with van der Waals surface area (Å²) in [5.74, 6) is -1.48. The van der Waals surface area contributed by atoms with E-state index in [1.54, 1.807) is 6.92 Å². The maximum absolute atomic E-state index is 11.7. The van der Waals surface area contributed by atoms with E-state index >= 15 is 0 Å². The van der Waals surface area contributed by atoms with Crippen molar-refractivity contribution in [3.8, 4) is 0 Å². The Morgan fingerprint density at radius 3 is 2.28 bits per heavy atom. The smallest absolute Gasteiger partial charge is 0.310 e. The van der Waals surface area contributed by atoms with Crippen molar-refractivity contribution in [2.45, 2.75) is 38.6 Å². The van der Waals surface area contributed by atoms with Crippen LogP contribution in [0.1, 0.15) is 32.6 Å². The molecule has 0 aromatic rings. The second kappa shape index (κ2) is 5.26. The van der Waals surface area contributed by atoms with Crippen molar-refractivity contribution < 1.29 is 23.1 Å². The second-order valence-electron chi connectivity index (χ2n) is 5.18. The van der Waals surface area contributed by atoms with Crippen LogP contribution in [0.15, 0.2) is 0 Å². The van der Waals surface area contributed by atoms with Crippen molar-refractivity contribution in [2.75, 3.05) is 12.0 Å². The first kappa shape index (κ1) is 14.9. The van der Waals surface area contributed by atoms with Gasteiger partial charge in [0.1, 0.15) is 9.84 Å². The van der Waals surface area contributed by atoms with Gasteiger partial charge in [-0.3, -0.25) is 9.59 Å². The highest BCUT2D eigenvalue weighted by Crippen LogP contribution is 2.44. The molecule has 1 atom stereocenters. The molecule has 0 aliphatic heterocycles. The van der Waals surface area contributed by atoms with Crippen LogP contribution in [-0.2, 0) is 19.4 Å². The standard InChI is InChI=1S/C11H19NO5S/c1-8(7-18(2,16)17)12-9(13)6-11(10(14)15)4-3-5-11/h8H,3-7H2,1-2H3,(H,12,13)(H,14,15). The SMILES string of the molecule is CC(CS(C)(=O)=O)NC(=O)CC1(C(=O)O)CCC1. The normalized spacial score (nSPS) is 19.7. The molecule has 1 unspecified atom stereocenters. The molecule has 0 saturated heterocycles. The first-order valence-electron chi connectivity index (χ1n) is 5.85. The summed E-state index contributed by atoms with van der Waals surface area (Å²) in [6.07, 6.45) is 2.86. The number of rotatable bonds is 6. The molecule has 0 bridgehead atoms. The van der Waals surface area contributed by atoms with Crippen LogP contribution in [0.25, 0.3) is 0 Å². The van der Waals surface area contributed by atoms with Crippen molar-refractivity contribution in [1.29, 1.82) is 0 Å². The number of nitrogens with one attached hydrogen (secondary N) is 1. The Kier molecular flexibility index (Phi) is 4.37. The molecular formula is C11H19NO5S. The highest BCUT2D eigenvalue weighted by Gasteiger charge is 2.45. The minimum absolute atomic E-state index is 0.0730. The van der Waals surface area contributed by atoms with Gasteiger partial charge in [0.2, 0.25) is 5.91 Å². The summed E-state index contributed by atoms with van der Waals surface area (Å²) in [5, 5.41) is 11.6. The Bertz CT molecular complexity index is 438. The average molecular weight is 277 g/mol. The Hall–Kier alpha value is -1.11. The fourth-order valence-corrected chi connectivity index (χ4v) is 3.19. The maximum Gasteiger partial charge on any atom is 0.310 e. The van der Waals surface area contributed by atoms with E-state index in [-0.39, 0.29) is 12.2 Å². The second-order valence-corrected chi connectivity index (χ2v) is 7.36. The quantitative estimate of drug-likeness (QED) is 0.721. The lowest BCUT2D eigenvalue weighted by Gasteiger charge is -2.37. The Morgan fingerprint density at radius 2 is 1.94 bits per heavy atom. The van der Waals surface area contributed by atoms with E-state index in [9.17, 15) is 18.0 Å². The largest absolute Gasteiger partial charge is 0.481 e. The number of hydrogen-bond acceptors (Lipinski definition) is 4. The molecule has 6 nitrogen and oxygen atoms in total. The molecular weight excluding hydrogens is 258 g/mol. The van der Waals surface area contributed by atoms with Crippen LogP contribution < -0.4 is 5.32 Å². The van der Waals surface area contributed by atoms with Gasteiger partial charge < -0.3 is 10.4 Å². The van der Waals surface area contributed by atoms with Gasteiger partial charge in [-0.2, -0.15) is 0 Å². The van der Waals surface area contributed by atoms with Crippen LogP contribution in [-0.4, -0.2) is 43.5 Å². The molecule has 0 radical (unpaired) electrons. The Labute approximate surface area is 107 Å². The number of carboxylic acids is 1. The number of carboxylic acid groups (broad SMARTS) is 1. The number of sulfone groups is 1. The molecule has 2 N–H and O–H groups in total. The minimum atomic E-state index is -3.15. The topological polar surface area (TPSA) is 101 Å². The lowest BCUT2D eigenvalue weighted by Crippen LogP contribution is -2.45. The maximum atomic E-state index is 11.7. The van der Waals surface area contributed by atoms with Gasteiger partial charge in [-0.1, -0.05) is 6.42 Å². The Balaban J connectivity index is 2.49. The summed E-state index contributed by atoms with van der Waals surface area (Å²) in [4.78, 5) is 22.8. The fraction of sp³-hybridized carbons (Fsp3) is 0.818. The van der Waals surface area contributed by atoms with Crippen molar-refractivity contribution in [3.63, 3.8) is 0 Å². The van der Waals surface area contributed by atoms with Crippen molar-refractivity contribution >= 4 is 21.7 Å². The molecule has 1 aliphatic carbocycles. The summed E-state index contributed by atoms with van der Waals surface area (Å²) in [5.41, 5.74) is -0.936. The first-order chi connectivity index (χ1) is 8.15. The first-order valence-corrected chi connectivity index (χ1v) is 7.91. The van der Waals surface area contributed by atoms with Crippen LogP contribution in [0.4, 0.5) is 0 Å². The van der Waals surface area contributed by atoms with Gasteiger partial charge in [-0.25, -0.2) is 8.42 Å². The highest BCUT2D eigenvalue weighted by molar-refractivity contribution is 7.90. The van der Waals surface area contributed by atoms with E-state index in [0.29, 0.717) is 12.8 Å². The van der Waals surface area contributed by atoms with Crippen molar-refractivity contribution in [1.82, 2.24) is 5.32 Å².